The number of halogens is 2. The lowest BCUT2D eigenvalue weighted by Crippen LogP contribution is -2.46. The van der Waals surface area contributed by atoms with Crippen molar-refractivity contribution in [1.82, 2.24) is 14.9 Å². The molecule has 176 valence electrons. The highest BCUT2D eigenvalue weighted by Crippen LogP contribution is 2.25. The van der Waals surface area contributed by atoms with Crippen LogP contribution in [0.3, 0.4) is 0 Å². The Bertz CT molecular complexity index is 1010. The molecule has 0 amide bonds. The maximum absolute atomic E-state index is 12.5. The molecule has 0 spiro atoms. The summed E-state index contributed by atoms with van der Waals surface area (Å²) >= 11 is 9.33. The first kappa shape index (κ1) is 26.4. The summed E-state index contributed by atoms with van der Waals surface area (Å²) < 4.78 is 1.94. The minimum atomic E-state index is -0.945. The number of aliphatic hydroxyl groups is 2. The van der Waals surface area contributed by atoms with E-state index in [4.69, 9.17) is 21.8 Å². The molecular weight excluding hydrogens is 506 g/mol. The highest BCUT2D eigenvalue weighted by Gasteiger charge is 2.25. The van der Waals surface area contributed by atoms with Gasteiger partial charge in [0.05, 0.1) is 47.4 Å². The van der Waals surface area contributed by atoms with Crippen LogP contribution >= 0.6 is 27.5 Å². The summed E-state index contributed by atoms with van der Waals surface area (Å²) in [6.07, 6.45) is 2.31. The summed E-state index contributed by atoms with van der Waals surface area (Å²) in [6, 6.07) is 2.97. The molecule has 2 heterocycles. The van der Waals surface area contributed by atoms with Crippen LogP contribution in [0.2, 0.25) is 5.02 Å². The van der Waals surface area contributed by atoms with Crippen LogP contribution in [-0.2, 0) is 16.1 Å². The number of carbonyl (C=O) groups is 2. The van der Waals surface area contributed by atoms with E-state index < -0.39 is 18.2 Å². The summed E-state index contributed by atoms with van der Waals surface area (Å²) in [4.78, 5) is 38.8. The number of piperidine rings is 1. The van der Waals surface area contributed by atoms with E-state index in [1.54, 1.807) is 19.1 Å². The molecule has 3 atom stereocenters. The lowest BCUT2D eigenvalue weighted by atomic mass is 9.97. The molecule has 0 radical (unpaired) electrons. The molecule has 0 aliphatic carbocycles. The van der Waals surface area contributed by atoms with Gasteiger partial charge in [-0.2, -0.15) is 0 Å². The number of carboxylic acid groups (broad SMARTS) is 1. The van der Waals surface area contributed by atoms with Crippen LogP contribution in [-0.4, -0.2) is 61.4 Å². The minimum absolute atomic E-state index is 0.0691. The SMILES string of the molecule is CCC(O)CC(=O)O.O=C(C[C@H]1NCCC[C@@H]1O)Cn1cnc2cc(Br)c(Cl)cc2c1=O. The lowest BCUT2D eigenvalue weighted by Gasteiger charge is -2.28. The molecule has 1 unspecified atom stereocenters. The van der Waals surface area contributed by atoms with Gasteiger partial charge in [0.2, 0.25) is 0 Å². The zero-order chi connectivity index (χ0) is 23.8. The van der Waals surface area contributed by atoms with Crippen LogP contribution in [0.15, 0.2) is 27.7 Å². The first-order chi connectivity index (χ1) is 15.1. The first-order valence-corrected chi connectivity index (χ1v) is 11.5. The third-order valence-electron chi connectivity index (χ3n) is 5.09. The van der Waals surface area contributed by atoms with E-state index in [2.05, 4.69) is 26.2 Å². The zero-order valence-electron chi connectivity index (χ0n) is 17.6. The topological polar surface area (TPSA) is 142 Å². The van der Waals surface area contributed by atoms with E-state index in [9.17, 15) is 19.5 Å². The standard InChI is InChI=1S/C16H17BrClN3O3.C5H10O3/c17-11-6-13-10(5-12(11)18)16(24)21(8-20-13)7-9(22)4-14-15(23)2-1-3-19-14;1-2-4(6)3-5(7)8/h5-6,8,14-15,19,23H,1-4,7H2;4,6H,2-3H2,1H3,(H,7,8)/t14-,15+;/m1./s1. The Hall–Kier alpha value is -1.85. The number of rotatable bonds is 7. The van der Waals surface area contributed by atoms with E-state index in [1.165, 1.54) is 10.9 Å². The normalized spacial score (nSPS) is 19.2. The number of nitrogens with zero attached hydrogens (tertiary/aromatic N) is 2. The molecule has 0 saturated carbocycles. The van der Waals surface area contributed by atoms with Gasteiger partial charge >= 0.3 is 5.97 Å². The maximum atomic E-state index is 12.5. The number of carbonyl (C=O) groups excluding carboxylic acids is 1. The van der Waals surface area contributed by atoms with Crippen molar-refractivity contribution in [1.29, 1.82) is 0 Å². The fourth-order valence-electron chi connectivity index (χ4n) is 3.26. The van der Waals surface area contributed by atoms with E-state index in [0.29, 0.717) is 33.2 Å². The molecule has 0 bridgehead atoms. The predicted molar refractivity (Wildman–Crippen MR) is 124 cm³/mol. The van der Waals surface area contributed by atoms with Crippen molar-refractivity contribution >= 4 is 50.2 Å². The van der Waals surface area contributed by atoms with Crippen LogP contribution in [0.5, 0.6) is 0 Å². The highest BCUT2D eigenvalue weighted by atomic mass is 79.9. The smallest absolute Gasteiger partial charge is 0.305 e. The number of nitrogens with one attached hydrogen (secondary N) is 1. The summed E-state index contributed by atoms with van der Waals surface area (Å²) in [5.41, 5.74) is 0.212. The molecule has 11 heteroatoms. The third-order valence-corrected chi connectivity index (χ3v) is 6.29. The molecule has 1 aromatic heterocycles. The zero-order valence-corrected chi connectivity index (χ0v) is 20.0. The molecule has 1 aromatic carbocycles. The Morgan fingerprint density at radius 1 is 1.41 bits per heavy atom. The molecule has 3 rings (SSSR count). The van der Waals surface area contributed by atoms with Gasteiger partial charge in [0.1, 0.15) is 0 Å². The van der Waals surface area contributed by atoms with Crippen molar-refractivity contribution in [3.05, 3.63) is 38.3 Å². The number of aromatic nitrogens is 2. The second-order valence-electron chi connectivity index (χ2n) is 7.63. The largest absolute Gasteiger partial charge is 0.481 e. The maximum Gasteiger partial charge on any atom is 0.305 e. The van der Waals surface area contributed by atoms with Gasteiger partial charge in [-0.05, 0) is 53.9 Å². The van der Waals surface area contributed by atoms with Crippen LogP contribution in [0.25, 0.3) is 10.9 Å². The molecule has 1 saturated heterocycles. The van der Waals surface area contributed by atoms with Gasteiger partial charge in [-0.3, -0.25) is 19.0 Å². The summed E-state index contributed by atoms with van der Waals surface area (Å²) in [7, 11) is 0. The van der Waals surface area contributed by atoms with Gasteiger partial charge in [-0.25, -0.2) is 4.98 Å². The molecule has 1 aliphatic heterocycles. The van der Waals surface area contributed by atoms with Crippen LogP contribution < -0.4 is 10.9 Å². The number of aliphatic carboxylic acids is 1. The van der Waals surface area contributed by atoms with Gasteiger partial charge in [-0.1, -0.05) is 18.5 Å². The Labute approximate surface area is 198 Å². The van der Waals surface area contributed by atoms with Crippen molar-refractivity contribution in [2.24, 2.45) is 0 Å². The number of hydrogen-bond acceptors (Lipinski definition) is 7. The van der Waals surface area contributed by atoms with Gasteiger partial charge < -0.3 is 20.6 Å². The number of hydrogen-bond donors (Lipinski definition) is 4. The van der Waals surface area contributed by atoms with Crippen LogP contribution in [0.4, 0.5) is 0 Å². The number of ketones is 1. The Balaban J connectivity index is 0.000000390. The fraction of sp³-hybridized carbons (Fsp3) is 0.524. The third kappa shape index (κ3) is 7.63. The van der Waals surface area contributed by atoms with E-state index >= 15 is 0 Å². The molecule has 32 heavy (non-hydrogen) atoms. The lowest BCUT2D eigenvalue weighted by molar-refractivity contribution is -0.139. The Morgan fingerprint density at radius 2 is 2.12 bits per heavy atom. The van der Waals surface area contributed by atoms with Gasteiger partial charge in [-0.15, -0.1) is 0 Å². The average molecular weight is 533 g/mol. The molecule has 2 aromatic rings. The summed E-state index contributed by atoms with van der Waals surface area (Å²) in [6.45, 7) is 2.47. The molecule has 1 aliphatic rings. The quantitative estimate of drug-likeness (QED) is 0.425. The van der Waals surface area contributed by atoms with Crippen LogP contribution in [0, 0.1) is 0 Å². The van der Waals surface area contributed by atoms with E-state index in [1.807, 2.05) is 0 Å². The first-order valence-electron chi connectivity index (χ1n) is 10.3. The minimum Gasteiger partial charge on any atom is -0.481 e. The van der Waals surface area contributed by atoms with E-state index in [-0.39, 0.29) is 36.8 Å². The van der Waals surface area contributed by atoms with Crippen molar-refractivity contribution in [3.8, 4) is 0 Å². The van der Waals surface area contributed by atoms with Gasteiger partial charge in [0.25, 0.3) is 5.56 Å². The highest BCUT2D eigenvalue weighted by molar-refractivity contribution is 9.10. The number of benzene rings is 1. The predicted octanol–water partition coefficient (Wildman–Crippen LogP) is 2.12. The van der Waals surface area contributed by atoms with Crippen LogP contribution in [0.1, 0.15) is 39.0 Å². The number of Topliss-reactive ketones (excluding diaryl/α,β-unsaturated/α-hetero) is 1. The van der Waals surface area contributed by atoms with Crippen molar-refractivity contribution in [2.75, 3.05) is 6.54 Å². The van der Waals surface area contributed by atoms with Gasteiger partial charge in [0, 0.05) is 16.9 Å². The molecule has 9 nitrogen and oxygen atoms in total. The second-order valence-corrected chi connectivity index (χ2v) is 8.90. The number of fused-ring (bicyclic) bond motifs is 1. The fourth-order valence-corrected chi connectivity index (χ4v) is 3.75. The number of carboxylic acids is 1. The van der Waals surface area contributed by atoms with Gasteiger partial charge in [0.15, 0.2) is 5.78 Å². The summed E-state index contributed by atoms with van der Waals surface area (Å²) in [5.74, 6) is -1.07. The molecule has 1 fully saturated rings. The second kappa shape index (κ2) is 12.4. The molecular formula is C21H27BrClN3O6. The summed E-state index contributed by atoms with van der Waals surface area (Å²) in [5, 5.41) is 30.6. The van der Waals surface area contributed by atoms with E-state index in [0.717, 1.165) is 13.0 Å². The van der Waals surface area contributed by atoms with Crippen molar-refractivity contribution < 1.29 is 24.9 Å². The average Bonchev–Trinajstić information content (AvgIpc) is 2.73. The Kier molecular flexibility index (Phi) is 10.2. The Morgan fingerprint density at radius 3 is 2.72 bits per heavy atom. The number of aliphatic hydroxyl groups excluding tert-OH is 2. The monoisotopic (exact) mass is 531 g/mol. The van der Waals surface area contributed by atoms with Crippen molar-refractivity contribution in [3.63, 3.8) is 0 Å². The molecule has 4 N–H and O–H groups in total. The van der Waals surface area contributed by atoms with Crippen molar-refractivity contribution in [2.45, 2.75) is 63.8 Å².